The van der Waals surface area contributed by atoms with Gasteiger partial charge in [0.25, 0.3) is 5.56 Å². The van der Waals surface area contributed by atoms with Crippen LogP contribution in [0.4, 0.5) is 0 Å². The lowest BCUT2D eigenvalue weighted by Crippen LogP contribution is -2.62. The first kappa shape index (κ1) is 32.7. The number of rotatable bonds is 11. The van der Waals surface area contributed by atoms with Crippen molar-refractivity contribution in [1.82, 2.24) is 14.5 Å². The Morgan fingerprint density at radius 3 is 2.00 bits per heavy atom. The predicted molar refractivity (Wildman–Crippen MR) is 178 cm³/mol. The monoisotopic (exact) mass is 641 g/mol. The third kappa shape index (κ3) is 6.78. The fourth-order valence-electron chi connectivity index (χ4n) is 7.05. The summed E-state index contributed by atoms with van der Waals surface area (Å²) in [5.74, 6) is 1.43. The number of H-pyrrole nitrogens is 1. The Hall–Kier alpha value is -4.22. The van der Waals surface area contributed by atoms with Crippen molar-refractivity contribution in [3.63, 3.8) is 0 Å². The van der Waals surface area contributed by atoms with Gasteiger partial charge in [0.15, 0.2) is 6.23 Å². The van der Waals surface area contributed by atoms with E-state index in [9.17, 15) is 14.7 Å². The molecule has 4 aromatic rings. The lowest BCUT2D eigenvalue weighted by Gasteiger charge is -2.50. The number of hydrogen-bond donors (Lipinski definition) is 2. The molecule has 2 N–H and O–H groups in total. The zero-order valence-electron chi connectivity index (χ0n) is 27.0. The minimum absolute atomic E-state index is 0.00568. The van der Waals surface area contributed by atoms with Gasteiger partial charge in [-0.15, -0.1) is 0 Å². The summed E-state index contributed by atoms with van der Waals surface area (Å²) in [6.45, 7) is 0.507. The Kier molecular flexibility index (Phi) is 9.93. The number of aliphatic hydroxyl groups excluding tert-OH is 1. The molecule has 10 heteroatoms. The molecule has 0 radical (unpaired) electrons. The maximum absolute atomic E-state index is 13.0. The summed E-state index contributed by atoms with van der Waals surface area (Å²) in [6.07, 6.45) is 6.21. The highest BCUT2D eigenvalue weighted by Crippen LogP contribution is 2.43. The second kappa shape index (κ2) is 14.3. The van der Waals surface area contributed by atoms with E-state index in [4.69, 9.17) is 18.9 Å². The number of aromatic nitrogens is 2. The van der Waals surface area contributed by atoms with Crippen LogP contribution in [0.1, 0.15) is 55.0 Å². The van der Waals surface area contributed by atoms with Crippen LogP contribution in [0.15, 0.2) is 101 Å². The highest BCUT2D eigenvalue weighted by atomic mass is 16.6. The zero-order valence-corrected chi connectivity index (χ0v) is 27.0. The van der Waals surface area contributed by atoms with E-state index in [1.54, 1.807) is 14.2 Å². The van der Waals surface area contributed by atoms with Crippen molar-refractivity contribution in [1.29, 1.82) is 0 Å². The fourth-order valence-corrected chi connectivity index (χ4v) is 7.05. The number of nitrogens with one attached hydrogen (secondary N) is 1. The summed E-state index contributed by atoms with van der Waals surface area (Å²) in [5.41, 5.74) is -0.757. The quantitative estimate of drug-likeness (QED) is 0.231. The Morgan fingerprint density at radius 2 is 1.45 bits per heavy atom. The largest absolute Gasteiger partial charge is 0.497 e. The van der Waals surface area contributed by atoms with Crippen LogP contribution in [0.25, 0.3) is 0 Å². The summed E-state index contributed by atoms with van der Waals surface area (Å²) in [4.78, 5) is 29.6. The van der Waals surface area contributed by atoms with Crippen molar-refractivity contribution in [2.75, 3.05) is 40.5 Å². The van der Waals surface area contributed by atoms with Gasteiger partial charge in [0.05, 0.1) is 27.4 Å². The molecule has 2 fully saturated rings. The van der Waals surface area contributed by atoms with E-state index in [1.807, 2.05) is 78.9 Å². The first-order valence-corrected chi connectivity index (χ1v) is 16.2. The molecule has 0 spiro atoms. The Labute approximate surface area is 274 Å². The molecule has 1 aliphatic carbocycles. The summed E-state index contributed by atoms with van der Waals surface area (Å²) in [7, 11) is 3.26. The van der Waals surface area contributed by atoms with Crippen molar-refractivity contribution in [2.24, 2.45) is 0 Å². The lowest BCUT2D eigenvalue weighted by atomic mass is 9.79. The summed E-state index contributed by atoms with van der Waals surface area (Å²) in [6, 6.07) is 27.1. The van der Waals surface area contributed by atoms with E-state index in [-0.39, 0.29) is 19.3 Å². The van der Waals surface area contributed by atoms with Gasteiger partial charge in [-0.3, -0.25) is 19.2 Å². The van der Waals surface area contributed by atoms with Crippen LogP contribution < -0.4 is 20.7 Å². The van der Waals surface area contributed by atoms with E-state index in [0.29, 0.717) is 24.6 Å². The standard InChI is InChI=1S/C37H43N3O7/c1-44-31-17-13-28(14-18-31)37(27-9-5-3-6-10-27,29-15-19-32(45-2)20-16-29)46-26-36(25-41)24-39(30-11-7-4-8-12-30)23-34(47-36)40-22-21-33(42)38-35(40)43/h3,5-6,9-10,13-22,30,34,41H,4,7-8,11-12,23-26H2,1-2H3,(H,38,42,43)/t34-,36-/m1/s1. The van der Waals surface area contributed by atoms with Crippen LogP contribution in [-0.4, -0.2) is 71.7 Å². The average Bonchev–Trinajstić information content (AvgIpc) is 3.13. The first-order valence-electron chi connectivity index (χ1n) is 16.2. The fraction of sp³-hybridized carbons (Fsp3) is 0.405. The van der Waals surface area contributed by atoms with Crippen molar-refractivity contribution in [2.45, 2.75) is 55.6 Å². The maximum atomic E-state index is 13.0. The molecule has 6 rings (SSSR count). The number of hydrogen-bond acceptors (Lipinski definition) is 8. The van der Waals surface area contributed by atoms with Gasteiger partial charge >= 0.3 is 5.69 Å². The van der Waals surface area contributed by atoms with E-state index in [1.165, 1.54) is 23.3 Å². The molecule has 10 nitrogen and oxygen atoms in total. The molecular formula is C37H43N3O7. The molecular weight excluding hydrogens is 598 g/mol. The van der Waals surface area contributed by atoms with Crippen LogP contribution in [-0.2, 0) is 15.1 Å². The van der Waals surface area contributed by atoms with Crippen molar-refractivity contribution in [3.8, 4) is 11.5 Å². The number of methoxy groups -OCH3 is 2. The Morgan fingerprint density at radius 1 is 0.851 bits per heavy atom. The first-order chi connectivity index (χ1) is 22.9. The number of ether oxygens (including phenoxy) is 4. The molecule has 0 amide bonds. The van der Waals surface area contributed by atoms with Crippen molar-refractivity contribution >= 4 is 0 Å². The molecule has 0 unspecified atom stereocenters. The van der Waals surface area contributed by atoms with Crippen LogP contribution in [0.5, 0.6) is 11.5 Å². The number of benzene rings is 3. The lowest BCUT2D eigenvalue weighted by molar-refractivity contribution is -0.236. The molecule has 1 saturated carbocycles. The van der Waals surface area contributed by atoms with Gasteiger partial charge in [-0.05, 0) is 53.8 Å². The van der Waals surface area contributed by atoms with Gasteiger partial charge in [-0.2, -0.15) is 0 Å². The molecule has 3 aromatic carbocycles. The predicted octanol–water partition coefficient (Wildman–Crippen LogP) is 4.46. The highest BCUT2D eigenvalue weighted by molar-refractivity contribution is 5.49. The minimum Gasteiger partial charge on any atom is -0.497 e. The van der Waals surface area contributed by atoms with Gasteiger partial charge in [-0.25, -0.2) is 4.79 Å². The van der Waals surface area contributed by atoms with E-state index in [0.717, 1.165) is 42.4 Å². The number of aliphatic hydroxyl groups is 1. The van der Waals surface area contributed by atoms with E-state index >= 15 is 0 Å². The number of morpholine rings is 1. The van der Waals surface area contributed by atoms with Crippen LogP contribution in [0, 0.1) is 0 Å². The van der Waals surface area contributed by atoms with Crippen molar-refractivity contribution < 1.29 is 24.1 Å². The van der Waals surface area contributed by atoms with Crippen LogP contribution in [0.2, 0.25) is 0 Å². The third-order valence-corrected chi connectivity index (χ3v) is 9.53. The third-order valence-electron chi connectivity index (χ3n) is 9.53. The normalized spacial score (nSPS) is 21.0. The smallest absolute Gasteiger partial charge is 0.330 e. The number of aromatic amines is 1. The number of nitrogens with zero attached hydrogens (tertiary/aromatic N) is 2. The zero-order chi connectivity index (χ0) is 32.9. The molecule has 47 heavy (non-hydrogen) atoms. The molecule has 1 saturated heterocycles. The summed E-state index contributed by atoms with van der Waals surface area (Å²) < 4.78 is 26.3. The van der Waals surface area contributed by atoms with Gasteiger partial charge in [-0.1, -0.05) is 73.9 Å². The van der Waals surface area contributed by atoms with Gasteiger partial charge in [0, 0.05) is 31.4 Å². The second-order valence-corrected chi connectivity index (χ2v) is 12.4. The summed E-state index contributed by atoms with van der Waals surface area (Å²) in [5, 5.41) is 11.2. The Bertz CT molecular complexity index is 1670. The summed E-state index contributed by atoms with van der Waals surface area (Å²) >= 11 is 0. The Balaban J connectivity index is 1.45. The molecule has 1 aromatic heterocycles. The molecule has 2 aliphatic rings. The molecule has 0 bridgehead atoms. The molecule has 2 heterocycles. The van der Waals surface area contributed by atoms with Gasteiger partial charge in [0.1, 0.15) is 22.7 Å². The van der Waals surface area contributed by atoms with Gasteiger partial charge < -0.3 is 24.1 Å². The second-order valence-electron chi connectivity index (χ2n) is 12.4. The molecule has 1 aliphatic heterocycles. The van der Waals surface area contributed by atoms with Crippen molar-refractivity contribution in [3.05, 3.63) is 129 Å². The van der Waals surface area contributed by atoms with E-state index < -0.39 is 28.7 Å². The SMILES string of the molecule is COc1ccc(C(OC[C@]2(CO)CN(C3CCCCC3)C[C@H](n3ccc(=O)[nH]c3=O)O2)(c2ccccc2)c2ccc(OC)cc2)cc1. The average molecular weight is 642 g/mol. The topological polar surface area (TPSA) is 115 Å². The van der Waals surface area contributed by atoms with Gasteiger partial charge in [0.2, 0.25) is 0 Å². The minimum atomic E-state index is -1.20. The maximum Gasteiger partial charge on any atom is 0.330 e. The van der Waals surface area contributed by atoms with Crippen LogP contribution in [0.3, 0.4) is 0 Å². The highest BCUT2D eigenvalue weighted by Gasteiger charge is 2.47. The molecule has 248 valence electrons. The molecule has 2 atom stereocenters. The van der Waals surface area contributed by atoms with E-state index in [2.05, 4.69) is 9.88 Å². The van der Waals surface area contributed by atoms with Crippen LogP contribution >= 0.6 is 0 Å².